The molecule has 0 bridgehead atoms. The van der Waals surface area contributed by atoms with Gasteiger partial charge in [-0.3, -0.25) is 4.79 Å². The number of nitrogens with zero attached hydrogens (tertiary/aromatic N) is 4. The summed E-state index contributed by atoms with van der Waals surface area (Å²) < 4.78 is 41.6. The van der Waals surface area contributed by atoms with E-state index in [0.717, 1.165) is 84.8 Å². The largest absolute Gasteiger partial charge is 0.405 e. The molecule has 1 aromatic heterocycles. The van der Waals surface area contributed by atoms with Gasteiger partial charge in [-0.2, -0.15) is 13.2 Å². The van der Waals surface area contributed by atoms with Crippen LogP contribution in [0.4, 0.5) is 19.1 Å². The fraction of sp³-hybridized carbons (Fsp3) is 0.394. The Morgan fingerprint density at radius 1 is 0.881 bits per heavy atom. The number of fused-ring (bicyclic) bond motifs is 4. The number of benzene rings is 3. The number of imidazole rings is 1. The number of carbonyl (C=O) groups is 1. The first kappa shape index (κ1) is 28.3. The first-order valence-corrected chi connectivity index (χ1v) is 14.7. The molecule has 0 radical (unpaired) electrons. The molecule has 9 heteroatoms. The highest BCUT2D eigenvalue weighted by atomic mass is 19.4. The van der Waals surface area contributed by atoms with Crippen molar-refractivity contribution >= 4 is 22.9 Å². The smallest absolute Gasteiger partial charge is 0.346 e. The van der Waals surface area contributed by atoms with Gasteiger partial charge in [-0.15, -0.1) is 0 Å². The highest BCUT2D eigenvalue weighted by molar-refractivity contribution is 6.00. The summed E-state index contributed by atoms with van der Waals surface area (Å²) in [6, 6.07) is 23.4. The Morgan fingerprint density at radius 3 is 2.24 bits per heavy atom. The molecule has 6 nitrogen and oxygen atoms in total. The average molecular weight is 576 g/mol. The topological polar surface area (TPSA) is 53.4 Å². The summed E-state index contributed by atoms with van der Waals surface area (Å²) in [6.45, 7) is 3.23. The lowest BCUT2D eigenvalue weighted by atomic mass is 9.73. The van der Waals surface area contributed by atoms with Gasteiger partial charge >= 0.3 is 6.18 Å². The number of hydrogen-bond donors (Lipinski definition) is 1. The highest BCUT2D eigenvalue weighted by Crippen LogP contribution is 2.51. The van der Waals surface area contributed by atoms with Gasteiger partial charge in [-0.1, -0.05) is 67.1 Å². The van der Waals surface area contributed by atoms with Crippen LogP contribution in [0.3, 0.4) is 0 Å². The molecule has 1 aliphatic carbocycles. The van der Waals surface area contributed by atoms with Crippen LogP contribution in [0.15, 0.2) is 72.8 Å². The SMILES string of the molecule is Cn1c(N2CCCN(CCCCC3(C(=O)NCC(F)(F)F)c4ccccc4-c4ccccc43)CC2)nc2ccccc21. The van der Waals surface area contributed by atoms with Crippen molar-refractivity contribution in [2.75, 3.05) is 44.2 Å². The third-order valence-electron chi connectivity index (χ3n) is 8.81. The molecular formula is C33H36F3N5O. The number of aromatic nitrogens is 2. The number of aryl methyl sites for hydroxylation is 1. The van der Waals surface area contributed by atoms with Gasteiger partial charge in [0.2, 0.25) is 11.9 Å². The van der Waals surface area contributed by atoms with E-state index in [4.69, 9.17) is 4.98 Å². The third kappa shape index (κ3) is 5.26. The monoisotopic (exact) mass is 575 g/mol. The molecule has 3 aromatic carbocycles. The highest BCUT2D eigenvalue weighted by Gasteiger charge is 2.49. The molecule has 2 aliphatic rings. The Labute approximate surface area is 244 Å². The second-order valence-corrected chi connectivity index (χ2v) is 11.4. The van der Waals surface area contributed by atoms with Crippen LogP contribution in [-0.4, -0.2) is 65.8 Å². The van der Waals surface area contributed by atoms with E-state index in [-0.39, 0.29) is 0 Å². The molecule has 2 heterocycles. The molecule has 6 rings (SSSR count). The van der Waals surface area contributed by atoms with E-state index in [0.29, 0.717) is 12.8 Å². The molecule has 1 N–H and O–H groups in total. The zero-order valence-electron chi connectivity index (χ0n) is 23.8. The minimum atomic E-state index is -4.48. The van der Waals surface area contributed by atoms with Crippen LogP contribution in [0.1, 0.15) is 36.8 Å². The summed E-state index contributed by atoms with van der Waals surface area (Å²) in [5.74, 6) is 0.411. The van der Waals surface area contributed by atoms with Gasteiger partial charge in [0.15, 0.2) is 0 Å². The van der Waals surface area contributed by atoms with E-state index in [1.807, 2.05) is 66.7 Å². The molecular weight excluding hydrogens is 539 g/mol. The number of para-hydroxylation sites is 2. The number of amides is 1. The van der Waals surface area contributed by atoms with Crippen molar-refractivity contribution in [3.05, 3.63) is 83.9 Å². The summed E-state index contributed by atoms with van der Waals surface area (Å²) >= 11 is 0. The molecule has 1 saturated heterocycles. The first-order valence-electron chi connectivity index (χ1n) is 14.7. The average Bonchev–Trinajstić information content (AvgIpc) is 3.35. The van der Waals surface area contributed by atoms with Crippen molar-refractivity contribution in [3.8, 4) is 11.1 Å². The minimum Gasteiger partial charge on any atom is -0.346 e. The van der Waals surface area contributed by atoms with Crippen molar-refractivity contribution in [2.24, 2.45) is 7.05 Å². The molecule has 0 spiro atoms. The summed E-state index contributed by atoms with van der Waals surface area (Å²) in [6.07, 6.45) is -1.44. The molecule has 0 unspecified atom stereocenters. The lowest BCUT2D eigenvalue weighted by Crippen LogP contribution is -2.47. The molecule has 0 saturated carbocycles. The molecule has 1 aliphatic heterocycles. The van der Waals surface area contributed by atoms with Gasteiger partial charge in [0.1, 0.15) is 12.0 Å². The van der Waals surface area contributed by atoms with Gasteiger partial charge in [0, 0.05) is 26.7 Å². The Hall–Kier alpha value is -3.85. The van der Waals surface area contributed by atoms with Gasteiger partial charge in [-0.05, 0) is 66.7 Å². The van der Waals surface area contributed by atoms with E-state index < -0.39 is 24.0 Å². The Morgan fingerprint density at radius 2 is 1.55 bits per heavy atom. The summed E-state index contributed by atoms with van der Waals surface area (Å²) in [7, 11) is 2.06. The van der Waals surface area contributed by atoms with E-state index in [1.165, 1.54) is 0 Å². The number of anilines is 1. The lowest BCUT2D eigenvalue weighted by molar-refractivity contribution is -0.141. The zero-order valence-corrected chi connectivity index (χ0v) is 23.8. The van der Waals surface area contributed by atoms with Crippen LogP contribution in [0.2, 0.25) is 0 Å². The predicted octanol–water partition coefficient (Wildman–Crippen LogP) is 5.90. The van der Waals surface area contributed by atoms with Crippen LogP contribution in [0.25, 0.3) is 22.2 Å². The van der Waals surface area contributed by atoms with Crippen LogP contribution in [0.5, 0.6) is 0 Å². The second kappa shape index (κ2) is 11.4. The van der Waals surface area contributed by atoms with Crippen LogP contribution in [0, 0.1) is 0 Å². The van der Waals surface area contributed by atoms with Gasteiger partial charge in [-0.25, -0.2) is 4.98 Å². The van der Waals surface area contributed by atoms with Crippen molar-refractivity contribution in [1.82, 2.24) is 19.8 Å². The number of alkyl halides is 3. The molecule has 220 valence electrons. The van der Waals surface area contributed by atoms with Crippen molar-refractivity contribution < 1.29 is 18.0 Å². The number of unbranched alkanes of at least 4 members (excludes halogenated alkanes) is 1. The van der Waals surface area contributed by atoms with Gasteiger partial charge in [0.25, 0.3) is 0 Å². The van der Waals surface area contributed by atoms with Crippen LogP contribution < -0.4 is 10.2 Å². The van der Waals surface area contributed by atoms with Gasteiger partial charge < -0.3 is 19.7 Å². The summed E-state index contributed by atoms with van der Waals surface area (Å²) in [4.78, 5) is 23.4. The third-order valence-corrected chi connectivity index (χ3v) is 8.81. The molecule has 1 fully saturated rings. The molecule has 42 heavy (non-hydrogen) atoms. The maximum absolute atomic E-state index is 13.7. The maximum atomic E-state index is 13.7. The van der Waals surface area contributed by atoms with E-state index in [9.17, 15) is 18.0 Å². The van der Waals surface area contributed by atoms with Crippen molar-refractivity contribution in [2.45, 2.75) is 37.3 Å². The van der Waals surface area contributed by atoms with Crippen LogP contribution >= 0.6 is 0 Å². The summed E-state index contributed by atoms with van der Waals surface area (Å²) in [5.41, 5.74) is 4.40. The van der Waals surface area contributed by atoms with Crippen molar-refractivity contribution in [1.29, 1.82) is 0 Å². The number of nitrogens with one attached hydrogen (secondary N) is 1. The quantitative estimate of drug-likeness (QED) is 0.266. The normalized spacial score (nSPS) is 16.7. The Balaban J connectivity index is 1.14. The molecule has 1 amide bonds. The first-order chi connectivity index (χ1) is 20.3. The number of hydrogen-bond acceptors (Lipinski definition) is 4. The fourth-order valence-corrected chi connectivity index (χ4v) is 6.82. The zero-order chi connectivity index (χ0) is 29.3. The fourth-order valence-electron chi connectivity index (χ4n) is 6.82. The Kier molecular flexibility index (Phi) is 7.70. The number of carbonyl (C=O) groups excluding carboxylic acids is 1. The molecule has 4 aromatic rings. The number of halogens is 3. The van der Waals surface area contributed by atoms with Crippen LogP contribution in [-0.2, 0) is 17.3 Å². The standard InChI is InChI=1S/C33H36F3N5O/c1-39-29-16-7-6-15-28(29)38-31(39)41-20-10-19-40(21-22-41)18-9-8-17-32(30(42)37-23-33(34,35)36)26-13-4-2-11-24(26)25-12-3-5-14-27(25)32/h2-7,11-16H,8-10,17-23H2,1H3,(H,37,42). The van der Waals surface area contributed by atoms with E-state index in [1.54, 1.807) is 0 Å². The van der Waals surface area contributed by atoms with E-state index in [2.05, 4.69) is 32.8 Å². The number of rotatable bonds is 8. The summed E-state index contributed by atoms with van der Waals surface area (Å²) in [5, 5.41) is 2.23. The van der Waals surface area contributed by atoms with Gasteiger partial charge in [0.05, 0.1) is 11.0 Å². The minimum absolute atomic E-state index is 0.449. The second-order valence-electron chi connectivity index (χ2n) is 11.4. The van der Waals surface area contributed by atoms with Crippen molar-refractivity contribution in [3.63, 3.8) is 0 Å². The predicted molar refractivity (Wildman–Crippen MR) is 160 cm³/mol. The lowest BCUT2D eigenvalue weighted by Gasteiger charge is -2.31. The van der Waals surface area contributed by atoms with E-state index >= 15 is 0 Å². The molecule has 0 atom stereocenters. The maximum Gasteiger partial charge on any atom is 0.405 e. The Bertz CT molecular complexity index is 1530.